The highest BCUT2D eigenvalue weighted by molar-refractivity contribution is 6.31. The maximum absolute atomic E-state index is 11.9. The minimum absolute atomic E-state index is 0.0664. The number of carbonyl (C=O) groups excluding carboxylic acids is 1. The van der Waals surface area contributed by atoms with Crippen molar-refractivity contribution in [2.24, 2.45) is 10.7 Å². The number of rotatable bonds is 7. The van der Waals surface area contributed by atoms with Gasteiger partial charge in [-0.25, -0.2) is 0 Å². The van der Waals surface area contributed by atoms with Crippen LogP contribution in [0.15, 0.2) is 23.2 Å². The lowest BCUT2D eigenvalue weighted by atomic mass is 10.2. The van der Waals surface area contributed by atoms with Crippen molar-refractivity contribution in [2.75, 3.05) is 25.6 Å². The maximum Gasteiger partial charge on any atom is 0.226 e. The van der Waals surface area contributed by atoms with E-state index in [-0.39, 0.29) is 18.4 Å². The Morgan fingerprint density at radius 2 is 2.23 bits per heavy atom. The molecule has 0 aliphatic carbocycles. The lowest BCUT2D eigenvalue weighted by Gasteiger charge is -2.13. The fourth-order valence-corrected chi connectivity index (χ4v) is 2.00. The van der Waals surface area contributed by atoms with E-state index in [1.807, 2.05) is 19.9 Å². The van der Waals surface area contributed by atoms with E-state index in [0.29, 0.717) is 29.8 Å². The van der Waals surface area contributed by atoms with Crippen LogP contribution in [0.2, 0.25) is 5.02 Å². The zero-order valence-electron chi connectivity index (χ0n) is 13.1. The van der Waals surface area contributed by atoms with Gasteiger partial charge in [0, 0.05) is 30.3 Å². The molecule has 0 saturated heterocycles. The Hall–Kier alpha value is -1.79. The van der Waals surface area contributed by atoms with Gasteiger partial charge in [0.15, 0.2) is 5.96 Å². The standard InChI is InChI=1S/C15H23ClN4O2/c1-10(9-22-3)19-15(17)18-8-7-14(21)20-13-6-4-5-12(16)11(13)2/h4-6,10H,7-9H2,1-3H3,(H,20,21)(H3,17,18,19). The highest BCUT2D eigenvalue weighted by Crippen LogP contribution is 2.22. The second-order valence-electron chi connectivity index (χ2n) is 4.98. The normalized spacial score (nSPS) is 12.8. The van der Waals surface area contributed by atoms with Crippen LogP contribution in [-0.4, -0.2) is 38.2 Å². The van der Waals surface area contributed by atoms with Crippen LogP contribution in [0.1, 0.15) is 18.9 Å². The number of ether oxygens (including phenoxy) is 1. The summed E-state index contributed by atoms with van der Waals surface area (Å²) >= 11 is 6.01. The van der Waals surface area contributed by atoms with E-state index in [0.717, 1.165) is 5.56 Å². The van der Waals surface area contributed by atoms with Gasteiger partial charge in [-0.3, -0.25) is 9.79 Å². The number of aliphatic imine (C=N–C) groups is 1. The molecule has 6 nitrogen and oxygen atoms in total. The number of halogens is 1. The summed E-state index contributed by atoms with van der Waals surface area (Å²) in [5.74, 6) is 0.170. The largest absolute Gasteiger partial charge is 0.383 e. The Kier molecular flexibility index (Phi) is 7.70. The molecule has 7 heteroatoms. The van der Waals surface area contributed by atoms with Crippen molar-refractivity contribution in [1.29, 1.82) is 0 Å². The number of nitrogens with one attached hydrogen (secondary N) is 2. The third-order valence-corrected chi connectivity index (χ3v) is 3.38. The topological polar surface area (TPSA) is 88.7 Å². The SMILES string of the molecule is COCC(C)NC(N)=NCCC(=O)Nc1cccc(Cl)c1C. The van der Waals surface area contributed by atoms with Crippen molar-refractivity contribution < 1.29 is 9.53 Å². The maximum atomic E-state index is 11.9. The smallest absolute Gasteiger partial charge is 0.226 e. The van der Waals surface area contributed by atoms with E-state index >= 15 is 0 Å². The van der Waals surface area contributed by atoms with Gasteiger partial charge in [-0.1, -0.05) is 17.7 Å². The fraction of sp³-hybridized carbons (Fsp3) is 0.467. The molecular weight excluding hydrogens is 304 g/mol. The van der Waals surface area contributed by atoms with Gasteiger partial charge in [-0.2, -0.15) is 0 Å². The highest BCUT2D eigenvalue weighted by atomic mass is 35.5. The molecule has 0 aromatic heterocycles. The van der Waals surface area contributed by atoms with Crippen LogP contribution >= 0.6 is 11.6 Å². The van der Waals surface area contributed by atoms with Gasteiger partial charge in [0.2, 0.25) is 5.91 Å². The number of nitrogens with two attached hydrogens (primary N) is 1. The number of amides is 1. The monoisotopic (exact) mass is 326 g/mol. The van der Waals surface area contributed by atoms with E-state index in [9.17, 15) is 4.79 Å². The molecule has 0 spiro atoms. The number of hydrogen-bond donors (Lipinski definition) is 3. The Balaban J connectivity index is 2.41. The van der Waals surface area contributed by atoms with Gasteiger partial charge in [0.1, 0.15) is 0 Å². The molecule has 0 saturated carbocycles. The van der Waals surface area contributed by atoms with Gasteiger partial charge in [-0.05, 0) is 31.5 Å². The summed E-state index contributed by atoms with van der Waals surface area (Å²) in [5, 5.41) is 6.41. The van der Waals surface area contributed by atoms with E-state index in [2.05, 4.69) is 15.6 Å². The quantitative estimate of drug-likeness (QED) is 0.527. The van der Waals surface area contributed by atoms with Crippen LogP contribution in [0.25, 0.3) is 0 Å². The molecule has 1 rings (SSSR count). The Morgan fingerprint density at radius 3 is 2.91 bits per heavy atom. The highest BCUT2D eigenvalue weighted by Gasteiger charge is 2.07. The van der Waals surface area contributed by atoms with Gasteiger partial charge < -0.3 is 21.1 Å². The molecular formula is C15H23ClN4O2. The molecule has 122 valence electrons. The zero-order chi connectivity index (χ0) is 16.5. The molecule has 22 heavy (non-hydrogen) atoms. The van der Waals surface area contributed by atoms with E-state index < -0.39 is 0 Å². The third kappa shape index (κ3) is 6.32. The number of anilines is 1. The summed E-state index contributed by atoms with van der Waals surface area (Å²) in [7, 11) is 1.62. The summed E-state index contributed by atoms with van der Waals surface area (Å²) in [6.07, 6.45) is 0.243. The lowest BCUT2D eigenvalue weighted by molar-refractivity contribution is -0.116. The van der Waals surface area contributed by atoms with Crippen molar-refractivity contribution in [3.8, 4) is 0 Å². The van der Waals surface area contributed by atoms with E-state index in [1.165, 1.54) is 0 Å². The molecule has 1 atom stereocenters. The third-order valence-electron chi connectivity index (χ3n) is 2.97. The fourth-order valence-electron chi connectivity index (χ4n) is 1.82. The summed E-state index contributed by atoms with van der Waals surface area (Å²) in [4.78, 5) is 16.0. The van der Waals surface area contributed by atoms with Crippen molar-refractivity contribution >= 4 is 29.2 Å². The minimum atomic E-state index is -0.133. The number of carbonyl (C=O) groups is 1. The van der Waals surface area contributed by atoms with Crippen LogP contribution in [0.5, 0.6) is 0 Å². The Bertz CT molecular complexity index is 534. The van der Waals surface area contributed by atoms with Crippen molar-refractivity contribution in [3.63, 3.8) is 0 Å². The number of methoxy groups -OCH3 is 1. The van der Waals surface area contributed by atoms with Crippen molar-refractivity contribution in [3.05, 3.63) is 28.8 Å². The zero-order valence-corrected chi connectivity index (χ0v) is 13.9. The first-order valence-electron chi connectivity index (χ1n) is 7.04. The first-order chi connectivity index (χ1) is 10.4. The molecule has 4 N–H and O–H groups in total. The first kappa shape index (κ1) is 18.3. The van der Waals surface area contributed by atoms with Crippen LogP contribution in [-0.2, 0) is 9.53 Å². The summed E-state index contributed by atoms with van der Waals surface area (Å²) in [6, 6.07) is 5.45. The second-order valence-corrected chi connectivity index (χ2v) is 5.39. The van der Waals surface area contributed by atoms with Gasteiger partial charge in [-0.15, -0.1) is 0 Å². The number of guanidine groups is 1. The number of hydrogen-bond acceptors (Lipinski definition) is 3. The van der Waals surface area contributed by atoms with Crippen molar-refractivity contribution in [1.82, 2.24) is 5.32 Å². The molecule has 1 aromatic carbocycles. The summed E-state index contributed by atoms with van der Waals surface area (Å²) < 4.78 is 4.99. The van der Waals surface area contributed by atoms with Gasteiger partial charge in [0.25, 0.3) is 0 Å². The molecule has 0 radical (unpaired) electrons. The molecule has 0 heterocycles. The van der Waals surface area contributed by atoms with E-state index in [4.69, 9.17) is 22.1 Å². The first-order valence-corrected chi connectivity index (χ1v) is 7.42. The predicted octanol–water partition coefficient (Wildman–Crippen LogP) is 1.92. The minimum Gasteiger partial charge on any atom is -0.383 e. The average molecular weight is 327 g/mol. The summed E-state index contributed by atoms with van der Waals surface area (Å²) in [5.41, 5.74) is 7.27. The van der Waals surface area contributed by atoms with Gasteiger partial charge >= 0.3 is 0 Å². The number of nitrogens with zero attached hydrogens (tertiary/aromatic N) is 1. The molecule has 0 aliphatic heterocycles. The molecule has 1 amide bonds. The van der Waals surface area contributed by atoms with E-state index in [1.54, 1.807) is 19.2 Å². The molecule has 1 aromatic rings. The van der Waals surface area contributed by atoms with Gasteiger partial charge in [0.05, 0.1) is 13.2 Å². The molecule has 0 bridgehead atoms. The van der Waals surface area contributed by atoms with Crippen LogP contribution in [0.3, 0.4) is 0 Å². The second kappa shape index (κ2) is 9.27. The Labute approximate surface area is 136 Å². The number of benzene rings is 1. The van der Waals surface area contributed by atoms with Crippen molar-refractivity contribution in [2.45, 2.75) is 26.3 Å². The lowest BCUT2D eigenvalue weighted by Crippen LogP contribution is -2.40. The Morgan fingerprint density at radius 1 is 1.50 bits per heavy atom. The predicted molar refractivity (Wildman–Crippen MR) is 90.4 cm³/mol. The molecule has 1 unspecified atom stereocenters. The van der Waals surface area contributed by atoms with Crippen LogP contribution in [0.4, 0.5) is 5.69 Å². The van der Waals surface area contributed by atoms with Crippen LogP contribution < -0.4 is 16.4 Å². The molecule has 0 fully saturated rings. The summed E-state index contributed by atoms with van der Waals surface area (Å²) in [6.45, 7) is 4.63. The van der Waals surface area contributed by atoms with Crippen LogP contribution in [0, 0.1) is 6.92 Å². The molecule has 0 aliphatic rings. The average Bonchev–Trinajstić information content (AvgIpc) is 2.44.